The quantitative estimate of drug-likeness (QED) is 0.702. The fraction of sp³-hybridized carbons (Fsp3) is 0.231. The Morgan fingerprint density at radius 3 is 2.45 bits per heavy atom. The number of rotatable bonds is 2. The van der Waals surface area contributed by atoms with Crippen LogP contribution in [0.1, 0.15) is 16.3 Å². The SMILES string of the molecule is Cc1nc(-c2c[c]nc(-c3nc(C(F)(F)F)cs3)n2)sc1C. The highest BCUT2D eigenvalue weighted by molar-refractivity contribution is 7.15. The molecule has 22 heavy (non-hydrogen) atoms. The number of hydrogen-bond donors (Lipinski definition) is 0. The van der Waals surface area contributed by atoms with E-state index in [1.807, 2.05) is 13.8 Å². The summed E-state index contributed by atoms with van der Waals surface area (Å²) in [5.41, 5.74) is 0.478. The van der Waals surface area contributed by atoms with E-state index in [1.165, 1.54) is 11.3 Å². The molecule has 0 aliphatic rings. The molecule has 113 valence electrons. The third kappa shape index (κ3) is 2.86. The van der Waals surface area contributed by atoms with Gasteiger partial charge >= 0.3 is 6.18 Å². The van der Waals surface area contributed by atoms with Crippen LogP contribution in [0.15, 0.2) is 11.4 Å². The van der Waals surface area contributed by atoms with Crippen molar-refractivity contribution in [2.24, 2.45) is 0 Å². The molecule has 0 atom stereocenters. The number of aromatic nitrogens is 4. The van der Waals surface area contributed by atoms with Gasteiger partial charge in [0.2, 0.25) is 0 Å². The molecule has 3 aromatic heterocycles. The predicted octanol–water partition coefficient (Wildman–Crippen LogP) is 4.16. The number of nitrogens with zero attached hydrogens (tertiary/aromatic N) is 4. The Morgan fingerprint density at radius 2 is 1.86 bits per heavy atom. The van der Waals surface area contributed by atoms with Gasteiger partial charge in [0.1, 0.15) is 10.7 Å². The van der Waals surface area contributed by atoms with Crippen molar-refractivity contribution in [3.8, 4) is 21.5 Å². The first-order valence-electron chi connectivity index (χ1n) is 6.07. The van der Waals surface area contributed by atoms with Gasteiger partial charge in [0, 0.05) is 10.3 Å². The first-order valence-corrected chi connectivity index (χ1v) is 7.77. The molecule has 0 fully saturated rings. The second-order valence-electron chi connectivity index (χ2n) is 4.40. The van der Waals surface area contributed by atoms with Crippen molar-refractivity contribution >= 4 is 22.7 Å². The van der Waals surface area contributed by atoms with Crippen LogP contribution in [0.25, 0.3) is 21.5 Å². The van der Waals surface area contributed by atoms with Gasteiger partial charge in [0.25, 0.3) is 0 Å². The molecule has 0 unspecified atom stereocenters. The van der Waals surface area contributed by atoms with Gasteiger partial charge in [0.15, 0.2) is 16.5 Å². The van der Waals surface area contributed by atoms with Crippen LogP contribution in [-0.2, 0) is 6.18 Å². The zero-order chi connectivity index (χ0) is 15.9. The molecule has 0 aliphatic heterocycles. The molecule has 0 amide bonds. The van der Waals surface area contributed by atoms with E-state index in [2.05, 4.69) is 26.1 Å². The molecule has 0 bridgehead atoms. The van der Waals surface area contributed by atoms with Gasteiger partial charge in [-0.2, -0.15) is 13.2 Å². The summed E-state index contributed by atoms with van der Waals surface area (Å²) in [5.74, 6) is 0.114. The van der Waals surface area contributed by atoms with Crippen molar-refractivity contribution in [1.82, 2.24) is 19.9 Å². The molecule has 0 saturated carbocycles. The molecule has 3 aromatic rings. The van der Waals surface area contributed by atoms with Crippen LogP contribution in [0.5, 0.6) is 0 Å². The molecule has 0 aliphatic carbocycles. The highest BCUT2D eigenvalue weighted by Gasteiger charge is 2.34. The van der Waals surface area contributed by atoms with Gasteiger partial charge in [-0.1, -0.05) is 0 Å². The van der Waals surface area contributed by atoms with E-state index in [0.29, 0.717) is 10.7 Å². The van der Waals surface area contributed by atoms with Crippen molar-refractivity contribution < 1.29 is 13.2 Å². The lowest BCUT2D eigenvalue weighted by atomic mass is 10.4. The maximum atomic E-state index is 12.6. The molecule has 9 heteroatoms. The number of alkyl halides is 3. The van der Waals surface area contributed by atoms with Crippen molar-refractivity contribution in [2.45, 2.75) is 20.0 Å². The van der Waals surface area contributed by atoms with Crippen LogP contribution in [0.3, 0.4) is 0 Å². The van der Waals surface area contributed by atoms with E-state index in [4.69, 9.17) is 0 Å². The zero-order valence-electron chi connectivity index (χ0n) is 11.4. The van der Waals surface area contributed by atoms with Crippen LogP contribution in [0, 0.1) is 20.0 Å². The summed E-state index contributed by atoms with van der Waals surface area (Å²) >= 11 is 2.31. The molecule has 3 rings (SSSR count). The lowest BCUT2D eigenvalue weighted by molar-refractivity contribution is -0.140. The number of thiazole rings is 2. The highest BCUT2D eigenvalue weighted by atomic mass is 32.1. The first-order chi connectivity index (χ1) is 10.3. The third-order valence-electron chi connectivity index (χ3n) is 2.83. The van der Waals surface area contributed by atoms with Crippen molar-refractivity contribution in [3.05, 3.63) is 33.9 Å². The molecular formula is C13H8F3N4S2. The fourth-order valence-electron chi connectivity index (χ4n) is 1.62. The lowest BCUT2D eigenvalue weighted by Crippen LogP contribution is -2.05. The van der Waals surface area contributed by atoms with E-state index in [1.54, 1.807) is 6.07 Å². The smallest absolute Gasteiger partial charge is 0.239 e. The summed E-state index contributed by atoms with van der Waals surface area (Å²) in [6.45, 7) is 3.83. The Bertz CT molecular complexity index is 803. The van der Waals surface area contributed by atoms with Gasteiger partial charge in [-0.3, -0.25) is 0 Å². The fourth-order valence-corrected chi connectivity index (χ4v) is 3.25. The van der Waals surface area contributed by atoms with Gasteiger partial charge in [-0.15, -0.1) is 22.7 Å². The van der Waals surface area contributed by atoms with Crippen LogP contribution in [0.4, 0.5) is 13.2 Å². The molecule has 4 nitrogen and oxygen atoms in total. The van der Waals surface area contributed by atoms with E-state index in [9.17, 15) is 13.2 Å². The normalized spacial score (nSPS) is 11.9. The van der Waals surface area contributed by atoms with E-state index in [-0.39, 0.29) is 10.8 Å². The summed E-state index contributed by atoms with van der Waals surface area (Å²) in [6.07, 6.45) is -1.83. The minimum absolute atomic E-state index is 0.107. The van der Waals surface area contributed by atoms with Gasteiger partial charge in [-0.25, -0.2) is 19.9 Å². The summed E-state index contributed by atoms with van der Waals surface area (Å²) in [5, 5.41) is 1.74. The zero-order valence-corrected chi connectivity index (χ0v) is 13.0. The second-order valence-corrected chi connectivity index (χ2v) is 6.46. The molecule has 3 heterocycles. The maximum absolute atomic E-state index is 12.6. The summed E-state index contributed by atoms with van der Waals surface area (Å²) in [6, 6.07) is 1.56. The van der Waals surface area contributed by atoms with Crippen LogP contribution in [0.2, 0.25) is 0 Å². The molecule has 1 radical (unpaired) electrons. The number of halogens is 3. The molecular weight excluding hydrogens is 333 g/mol. The van der Waals surface area contributed by atoms with Crippen molar-refractivity contribution in [2.75, 3.05) is 0 Å². The Kier molecular flexibility index (Phi) is 3.69. The van der Waals surface area contributed by atoms with Gasteiger partial charge in [0.05, 0.1) is 11.9 Å². The second kappa shape index (κ2) is 5.40. The third-order valence-corrected chi connectivity index (χ3v) is 4.77. The van der Waals surface area contributed by atoms with E-state index >= 15 is 0 Å². The Labute approximate surface area is 131 Å². The minimum Gasteiger partial charge on any atom is -0.239 e. The first kappa shape index (κ1) is 15.0. The average molecular weight is 341 g/mol. The topological polar surface area (TPSA) is 51.6 Å². The molecule has 0 aromatic carbocycles. The summed E-state index contributed by atoms with van der Waals surface area (Å²) < 4.78 is 37.8. The van der Waals surface area contributed by atoms with Gasteiger partial charge < -0.3 is 0 Å². The number of aryl methyl sites for hydroxylation is 2. The van der Waals surface area contributed by atoms with Crippen molar-refractivity contribution in [1.29, 1.82) is 0 Å². The standard InChI is InChI=1S/C13H8F3N4S2/c1-6-7(2)22-11(18-6)8-3-4-17-10(19-8)12-20-9(5-21-12)13(14,15)16/h3,5H,1-2H3. The molecule has 0 spiro atoms. The van der Waals surface area contributed by atoms with Gasteiger partial charge in [-0.05, 0) is 19.9 Å². The minimum atomic E-state index is -4.47. The number of hydrogen-bond acceptors (Lipinski definition) is 6. The Balaban J connectivity index is 1.99. The molecule has 0 N–H and O–H groups in total. The largest absolute Gasteiger partial charge is 0.434 e. The van der Waals surface area contributed by atoms with Crippen LogP contribution in [-0.4, -0.2) is 19.9 Å². The average Bonchev–Trinajstić information content (AvgIpc) is 3.07. The Morgan fingerprint density at radius 1 is 1.09 bits per heavy atom. The van der Waals surface area contributed by atoms with Crippen LogP contribution < -0.4 is 0 Å². The predicted molar refractivity (Wildman–Crippen MR) is 77.6 cm³/mol. The molecule has 0 saturated heterocycles. The van der Waals surface area contributed by atoms with Crippen molar-refractivity contribution in [3.63, 3.8) is 0 Å². The van der Waals surface area contributed by atoms with E-state index in [0.717, 1.165) is 27.3 Å². The highest BCUT2D eigenvalue weighted by Crippen LogP contribution is 2.33. The Hall–Kier alpha value is -1.87. The summed E-state index contributed by atoms with van der Waals surface area (Å²) in [4.78, 5) is 17.1. The monoisotopic (exact) mass is 341 g/mol. The maximum Gasteiger partial charge on any atom is 0.434 e. The van der Waals surface area contributed by atoms with E-state index < -0.39 is 11.9 Å². The lowest BCUT2D eigenvalue weighted by Gasteiger charge is -2.00. The van der Waals surface area contributed by atoms with Crippen LogP contribution >= 0.6 is 22.7 Å². The summed E-state index contributed by atoms with van der Waals surface area (Å²) in [7, 11) is 0.